The first kappa shape index (κ1) is 36.2. The van der Waals surface area contributed by atoms with Crippen molar-refractivity contribution >= 4 is 12.4 Å². The molecule has 0 aromatic heterocycles. The summed E-state index contributed by atoms with van der Waals surface area (Å²) in [6.07, 6.45) is 24.4. The van der Waals surface area contributed by atoms with Crippen LogP contribution >= 0.6 is 0 Å². The van der Waals surface area contributed by atoms with Crippen molar-refractivity contribution in [3.05, 3.63) is 47.5 Å². The normalized spacial score (nSPS) is 11.6. The molecule has 0 spiro atoms. The lowest BCUT2D eigenvalue weighted by Crippen LogP contribution is -1.98. The van der Waals surface area contributed by atoms with Gasteiger partial charge in [-0.3, -0.25) is 9.98 Å². The Morgan fingerprint density at radius 1 is 0.512 bits per heavy atom. The van der Waals surface area contributed by atoms with Crippen LogP contribution in [0.4, 0.5) is 0 Å². The van der Waals surface area contributed by atoms with Crippen LogP contribution in [0.25, 0.3) is 0 Å². The zero-order valence-corrected chi connectivity index (χ0v) is 27.1. The summed E-state index contributed by atoms with van der Waals surface area (Å²) < 4.78 is 11.6. The molecule has 0 aliphatic carbocycles. The van der Waals surface area contributed by atoms with Crippen LogP contribution in [0.15, 0.2) is 46.4 Å². The smallest absolute Gasteiger partial charge is 0.128 e. The van der Waals surface area contributed by atoms with Gasteiger partial charge in [0.15, 0.2) is 0 Å². The first-order chi connectivity index (χ1) is 21.1. The molecule has 2 rings (SSSR count). The number of ether oxygens (including phenoxy) is 2. The maximum Gasteiger partial charge on any atom is 0.128 e. The van der Waals surface area contributed by atoms with E-state index in [1.54, 1.807) is 24.6 Å². The van der Waals surface area contributed by atoms with Crippen LogP contribution in [0, 0.1) is 0 Å². The number of hydrogen-bond acceptors (Lipinski definition) is 6. The molecule has 43 heavy (non-hydrogen) atoms. The van der Waals surface area contributed by atoms with Gasteiger partial charge in [-0.1, -0.05) is 104 Å². The summed E-state index contributed by atoms with van der Waals surface area (Å²) in [4.78, 5) is 8.85. The van der Waals surface area contributed by atoms with Crippen molar-refractivity contribution in [1.29, 1.82) is 0 Å². The van der Waals surface area contributed by atoms with Crippen molar-refractivity contribution in [1.82, 2.24) is 0 Å². The van der Waals surface area contributed by atoms with E-state index in [2.05, 4.69) is 23.8 Å². The fourth-order valence-corrected chi connectivity index (χ4v) is 4.88. The van der Waals surface area contributed by atoms with Gasteiger partial charge in [-0.05, 0) is 43.5 Å². The Bertz CT molecular complexity index is 956. The van der Waals surface area contributed by atoms with E-state index in [4.69, 9.17) is 9.47 Å². The van der Waals surface area contributed by atoms with E-state index in [-0.39, 0.29) is 11.5 Å². The van der Waals surface area contributed by atoms with Crippen LogP contribution in [0.1, 0.15) is 134 Å². The SMILES string of the molecule is CCCCCCCCCCOc1ccc(C=NCCCN=Cc2ccc(OCCCCCCCCCC)cc2O)c(O)c1. The van der Waals surface area contributed by atoms with Gasteiger partial charge in [0.2, 0.25) is 0 Å². The van der Waals surface area contributed by atoms with Gasteiger partial charge in [0.1, 0.15) is 23.0 Å². The van der Waals surface area contributed by atoms with E-state index in [1.165, 1.54) is 89.9 Å². The van der Waals surface area contributed by atoms with E-state index in [9.17, 15) is 10.2 Å². The van der Waals surface area contributed by atoms with Crippen molar-refractivity contribution in [2.45, 2.75) is 123 Å². The molecular formula is C37H58N2O4. The number of aliphatic imine (C=N–C) groups is 2. The van der Waals surface area contributed by atoms with E-state index < -0.39 is 0 Å². The minimum atomic E-state index is 0.177. The molecule has 0 heterocycles. The predicted octanol–water partition coefficient (Wildman–Crippen LogP) is 10.1. The Morgan fingerprint density at radius 3 is 1.26 bits per heavy atom. The molecule has 2 aromatic rings. The Hall–Kier alpha value is -3.02. The van der Waals surface area contributed by atoms with Gasteiger partial charge in [-0.15, -0.1) is 0 Å². The Morgan fingerprint density at radius 2 is 0.884 bits per heavy atom. The van der Waals surface area contributed by atoms with Crippen molar-refractivity contribution in [2.75, 3.05) is 26.3 Å². The molecule has 2 aromatic carbocycles. The second kappa shape index (κ2) is 24.4. The standard InChI is InChI=1S/C37H58N2O4/c1-3-5-7-9-11-13-15-17-26-42-34-22-20-32(36(40)28-34)30-38-24-19-25-39-31-33-21-23-35(29-37(33)41)43-27-18-16-14-12-10-8-6-4-2/h20-23,28-31,40-41H,3-19,24-27H2,1-2H3. The molecule has 0 fully saturated rings. The summed E-state index contributed by atoms with van der Waals surface area (Å²) in [5.41, 5.74) is 1.36. The molecule has 240 valence electrons. The van der Waals surface area contributed by atoms with Crippen molar-refractivity contribution in [3.8, 4) is 23.0 Å². The highest BCUT2D eigenvalue weighted by molar-refractivity contribution is 5.84. The summed E-state index contributed by atoms with van der Waals surface area (Å²) in [7, 11) is 0. The average Bonchev–Trinajstić information content (AvgIpc) is 3.00. The minimum Gasteiger partial charge on any atom is -0.507 e. The maximum atomic E-state index is 10.3. The molecule has 0 bridgehead atoms. The molecule has 0 amide bonds. The van der Waals surface area contributed by atoms with E-state index in [0.29, 0.717) is 48.9 Å². The Labute approximate surface area is 261 Å². The molecule has 0 saturated heterocycles. The number of rotatable bonds is 26. The number of phenolic OH excluding ortho intramolecular Hbond substituents is 2. The second-order valence-electron chi connectivity index (χ2n) is 11.5. The zero-order valence-electron chi connectivity index (χ0n) is 27.1. The summed E-state index contributed by atoms with van der Waals surface area (Å²) in [5, 5.41) is 20.7. The van der Waals surface area contributed by atoms with Crippen LogP contribution < -0.4 is 9.47 Å². The number of phenols is 2. The molecular weight excluding hydrogens is 536 g/mol. The molecule has 6 nitrogen and oxygen atoms in total. The van der Waals surface area contributed by atoms with Gasteiger partial charge in [0, 0.05) is 48.8 Å². The van der Waals surface area contributed by atoms with Crippen molar-refractivity contribution < 1.29 is 19.7 Å². The third-order valence-corrected chi connectivity index (χ3v) is 7.57. The Kier molecular flexibility index (Phi) is 20.5. The van der Waals surface area contributed by atoms with Crippen molar-refractivity contribution in [2.24, 2.45) is 9.98 Å². The highest BCUT2D eigenvalue weighted by atomic mass is 16.5. The minimum absolute atomic E-state index is 0.177. The quantitative estimate of drug-likeness (QED) is 0.0838. The van der Waals surface area contributed by atoms with Crippen LogP contribution in [-0.2, 0) is 0 Å². The molecule has 6 heteroatoms. The van der Waals surface area contributed by atoms with Gasteiger partial charge in [0.05, 0.1) is 13.2 Å². The fraction of sp³-hybridized carbons (Fsp3) is 0.622. The second-order valence-corrected chi connectivity index (χ2v) is 11.5. The molecule has 0 saturated carbocycles. The monoisotopic (exact) mass is 594 g/mol. The predicted molar refractivity (Wildman–Crippen MR) is 182 cm³/mol. The zero-order chi connectivity index (χ0) is 30.8. The maximum absolute atomic E-state index is 10.3. The highest BCUT2D eigenvalue weighted by Gasteiger charge is 2.03. The fourth-order valence-electron chi connectivity index (χ4n) is 4.88. The van der Waals surface area contributed by atoms with Gasteiger partial charge < -0.3 is 19.7 Å². The summed E-state index contributed by atoms with van der Waals surface area (Å²) in [5.74, 6) is 1.74. The van der Waals surface area contributed by atoms with Crippen LogP contribution in [0.3, 0.4) is 0 Å². The number of hydrogen-bond donors (Lipinski definition) is 2. The van der Waals surface area contributed by atoms with E-state index in [0.717, 1.165) is 19.3 Å². The molecule has 0 atom stereocenters. The average molecular weight is 595 g/mol. The van der Waals surface area contributed by atoms with Crippen molar-refractivity contribution in [3.63, 3.8) is 0 Å². The molecule has 0 radical (unpaired) electrons. The number of benzene rings is 2. The van der Waals surface area contributed by atoms with Gasteiger partial charge in [0.25, 0.3) is 0 Å². The number of unbranched alkanes of at least 4 members (excludes halogenated alkanes) is 14. The lowest BCUT2D eigenvalue weighted by atomic mass is 10.1. The van der Waals surface area contributed by atoms with E-state index in [1.807, 2.05) is 24.3 Å². The summed E-state index contributed by atoms with van der Waals surface area (Å²) >= 11 is 0. The first-order valence-corrected chi connectivity index (χ1v) is 17.0. The van der Waals surface area contributed by atoms with Gasteiger partial charge in [-0.2, -0.15) is 0 Å². The largest absolute Gasteiger partial charge is 0.507 e. The molecule has 2 N–H and O–H groups in total. The molecule has 0 aliphatic heterocycles. The van der Waals surface area contributed by atoms with Gasteiger partial charge in [-0.25, -0.2) is 0 Å². The van der Waals surface area contributed by atoms with Gasteiger partial charge >= 0.3 is 0 Å². The summed E-state index contributed by atoms with van der Waals surface area (Å²) in [6.45, 7) is 7.05. The summed E-state index contributed by atoms with van der Waals surface area (Å²) in [6, 6.07) is 10.8. The number of nitrogens with zero attached hydrogens (tertiary/aromatic N) is 2. The van der Waals surface area contributed by atoms with E-state index >= 15 is 0 Å². The molecule has 0 aliphatic rings. The first-order valence-electron chi connectivity index (χ1n) is 17.0. The van der Waals surface area contributed by atoms with Crippen LogP contribution in [0.2, 0.25) is 0 Å². The topological polar surface area (TPSA) is 83.6 Å². The Balaban J connectivity index is 1.57. The van der Waals surface area contributed by atoms with Crippen LogP contribution in [-0.4, -0.2) is 48.9 Å². The number of aromatic hydroxyl groups is 2. The lowest BCUT2D eigenvalue weighted by Gasteiger charge is -2.08. The third kappa shape index (κ3) is 17.6. The van der Waals surface area contributed by atoms with Crippen LogP contribution in [0.5, 0.6) is 23.0 Å². The molecule has 0 unspecified atom stereocenters. The lowest BCUT2D eigenvalue weighted by molar-refractivity contribution is 0.302. The third-order valence-electron chi connectivity index (χ3n) is 7.57. The highest BCUT2D eigenvalue weighted by Crippen LogP contribution is 2.24.